The van der Waals surface area contributed by atoms with E-state index in [1.54, 1.807) is 12.1 Å². The fourth-order valence-corrected chi connectivity index (χ4v) is 2.51. The van der Waals surface area contributed by atoms with Crippen molar-refractivity contribution in [1.29, 1.82) is 0 Å². The molecular weight excluding hydrogens is 302 g/mol. The summed E-state index contributed by atoms with van der Waals surface area (Å²) >= 11 is 11.0. The highest BCUT2D eigenvalue weighted by atomic mass is 35.5. The molecular formula is C17H18ClNOS. The summed E-state index contributed by atoms with van der Waals surface area (Å²) in [7, 11) is 0. The van der Waals surface area contributed by atoms with Crippen molar-refractivity contribution in [2.24, 2.45) is 5.73 Å². The molecule has 0 aliphatic rings. The van der Waals surface area contributed by atoms with Crippen molar-refractivity contribution in [2.45, 2.75) is 26.2 Å². The molecule has 0 heterocycles. The standard InChI is InChI=1S/C17H18ClNOS/c1-2-3-4-12-5-7-13(8-6-12)20-14-9-10-15(17(19)21)16(18)11-14/h5-11H,2-4H2,1H3,(H2,19,21). The number of aryl methyl sites for hydroxylation is 1. The number of benzene rings is 2. The van der Waals surface area contributed by atoms with Gasteiger partial charge >= 0.3 is 0 Å². The Morgan fingerprint density at radius 1 is 1.14 bits per heavy atom. The van der Waals surface area contributed by atoms with E-state index in [1.807, 2.05) is 18.2 Å². The third kappa shape index (κ3) is 4.45. The highest BCUT2D eigenvalue weighted by Gasteiger charge is 2.06. The van der Waals surface area contributed by atoms with E-state index in [0.717, 1.165) is 12.2 Å². The molecule has 0 atom stereocenters. The molecule has 0 aliphatic carbocycles. The van der Waals surface area contributed by atoms with Crippen molar-refractivity contribution in [2.75, 3.05) is 0 Å². The third-order valence-electron chi connectivity index (χ3n) is 3.18. The predicted octanol–water partition coefficient (Wildman–Crippen LogP) is 5.11. The average molecular weight is 320 g/mol. The van der Waals surface area contributed by atoms with Crippen LogP contribution in [0.1, 0.15) is 30.9 Å². The second-order valence-electron chi connectivity index (χ2n) is 4.86. The van der Waals surface area contributed by atoms with Gasteiger partial charge in [-0.3, -0.25) is 0 Å². The number of rotatable bonds is 6. The number of nitrogens with two attached hydrogens (primary N) is 1. The molecule has 0 aromatic heterocycles. The molecule has 4 heteroatoms. The first kappa shape index (κ1) is 15.8. The Labute approximate surface area is 135 Å². The van der Waals surface area contributed by atoms with Crippen LogP contribution in [-0.4, -0.2) is 4.99 Å². The quantitative estimate of drug-likeness (QED) is 0.751. The first-order valence-electron chi connectivity index (χ1n) is 6.96. The first-order chi connectivity index (χ1) is 10.1. The largest absolute Gasteiger partial charge is 0.457 e. The summed E-state index contributed by atoms with van der Waals surface area (Å²) in [5.41, 5.74) is 7.57. The van der Waals surface area contributed by atoms with Gasteiger partial charge in [0.15, 0.2) is 0 Å². The Kier molecular flexibility index (Phi) is 5.59. The Hall–Kier alpha value is -1.58. The van der Waals surface area contributed by atoms with Crippen molar-refractivity contribution >= 4 is 28.8 Å². The van der Waals surface area contributed by atoms with Crippen molar-refractivity contribution in [3.63, 3.8) is 0 Å². The normalized spacial score (nSPS) is 10.4. The molecule has 0 amide bonds. The molecule has 2 aromatic carbocycles. The van der Waals surface area contributed by atoms with Gasteiger partial charge in [-0.15, -0.1) is 0 Å². The zero-order chi connectivity index (χ0) is 15.2. The number of ether oxygens (including phenoxy) is 1. The summed E-state index contributed by atoms with van der Waals surface area (Å²) in [5.74, 6) is 1.45. The van der Waals surface area contributed by atoms with E-state index < -0.39 is 0 Å². The molecule has 0 aliphatic heterocycles. The number of halogens is 1. The molecule has 0 spiro atoms. The molecule has 21 heavy (non-hydrogen) atoms. The van der Waals surface area contributed by atoms with Crippen molar-refractivity contribution in [3.05, 3.63) is 58.6 Å². The molecule has 2 N–H and O–H groups in total. The van der Waals surface area contributed by atoms with Gasteiger partial charge in [-0.05, 0) is 42.7 Å². The average Bonchev–Trinajstić information content (AvgIpc) is 2.46. The highest BCUT2D eigenvalue weighted by Crippen LogP contribution is 2.27. The van der Waals surface area contributed by atoms with Crippen molar-refractivity contribution < 1.29 is 4.74 Å². The van der Waals surface area contributed by atoms with Gasteiger partial charge in [-0.1, -0.05) is 49.3 Å². The van der Waals surface area contributed by atoms with Crippen LogP contribution in [0.5, 0.6) is 11.5 Å². The van der Waals surface area contributed by atoms with E-state index in [4.69, 9.17) is 34.3 Å². The molecule has 0 fully saturated rings. The molecule has 0 bridgehead atoms. The van der Waals surface area contributed by atoms with Gasteiger partial charge in [-0.2, -0.15) is 0 Å². The van der Waals surface area contributed by atoms with E-state index in [-0.39, 0.29) is 4.99 Å². The maximum Gasteiger partial charge on any atom is 0.128 e. The lowest BCUT2D eigenvalue weighted by Crippen LogP contribution is -2.09. The molecule has 110 valence electrons. The summed E-state index contributed by atoms with van der Waals surface area (Å²) < 4.78 is 5.78. The fraction of sp³-hybridized carbons (Fsp3) is 0.235. The van der Waals surface area contributed by atoms with E-state index in [0.29, 0.717) is 16.3 Å². The van der Waals surface area contributed by atoms with Crippen LogP contribution in [0.2, 0.25) is 5.02 Å². The summed E-state index contributed by atoms with van der Waals surface area (Å²) in [6, 6.07) is 13.4. The van der Waals surface area contributed by atoms with E-state index in [2.05, 4.69) is 19.1 Å². The van der Waals surface area contributed by atoms with Crippen LogP contribution in [-0.2, 0) is 6.42 Å². The number of thiocarbonyl (C=S) groups is 1. The minimum absolute atomic E-state index is 0.284. The lowest BCUT2D eigenvalue weighted by atomic mass is 10.1. The lowest BCUT2D eigenvalue weighted by molar-refractivity contribution is 0.482. The Morgan fingerprint density at radius 2 is 1.81 bits per heavy atom. The van der Waals surface area contributed by atoms with Gasteiger partial charge in [0, 0.05) is 11.6 Å². The van der Waals surface area contributed by atoms with Crippen LogP contribution in [0.3, 0.4) is 0 Å². The zero-order valence-electron chi connectivity index (χ0n) is 11.9. The molecule has 2 rings (SSSR count). The van der Waals surface area contributed by atoms with Gasteiger partial charge in [0.05, 0.1) is 5.02 Å². The van der Waals surface area contributed by atoms with Crippen LogP contribution in [0.4, 0.5) is 0 Å². The minimum Gasteiger partial charge on any atom is -0.457 e. The molecule has 0 saturated heterocycles. The molecule has 2 aromatic rings. The maximum absolute atomic E-state index is 6.13. The predicted molar refractivity (Wildman–Crippen MR) is 92.5 cm³/mol. The molecule has 0 radical (unpaired) electrons. The van der Waals surface area contributed by atoms with Crippen LogP contribution in [0.25, 0.3) is 0 Å². The molecule has 2 nitrogen and oxygen atoms in total. The van der Waals surface area contributed by atoms with Crippen LogP contribution in [0, 0.1) is 0 Å². The van der Waals surface area contributed by atoms with Crippen molar-refractivity contribution in [3.8, 4) is 11.5 Å². The molecule has 0 unspecified atom stereocenters. The lowest BCUT2D eigenvalue weighted by Gasteiger charge is -2.09. The third-order valence-corrected chi connectivity index (χ3v) is 3.72. The topological polar surface area (TPSA) is 35.2 Å². The Bertz CT molecular complexity index is 625. The Balaban J connectivity index is 2.07. The van der Waals surface area contributed by atoms with Gasteiger partial charge in [0.25, 0.3) is 0 Å². The van der Waals surface area contributed by atoms with E-state index in [9.17, 15) is 0 Å². The smallest absolute Gasteiger partial charge is 0.128 e. The highest BCUT2D eigenvalue weighted by molar-refractivity contribution is 7.80. The summed E-state index contributed by atoms with van der Waals surface area (Å²) in [4.78, 5) is 0.284. The summed E-state index contributed by atoms with van der Waals surface area (Å²) in [5, 5.41) is 0.500. The molecule has 0 saturated carbocycles. The maximum atomic E-state index is 6.13. The number of hydrogen-bond donors (Lipinski definition) is 1. The monoisotopic (exact) mass is 319 g/mol. The number of hydrogen-bond acceptors (Lipinski definition) is 2. The van der Waals surface area contributed by atoms with Gasteiger partial charge in [0.1, 0.15) is 16.5 Å². The van der Waals surface area contributed by atoms with Gasteiger partial charge in [0.2, 0.25) is 0 Å². The summed E-state index contributed by atoms with van der Waals surface area (Å²) in [6.45, 7) is 2.19. The van der Waals surface area contributed by atoms with Crippen LogP contribution in [0.15, 0.2) is 42.5 Å². The first-order valence-corrected chi connectivity index (χ1v) is 7.75. The zero-order valence-corrected chi connectivity index (χ0v) is 13.5. The fourth-order valence-electron chi connectivity index (χ4n) is 2.00. The van der Waals surface area contributed by atoms with Gasteiger partial charge < -0.3 is 10.5 Å². The van der Waals surface area contributed by atoms with E-state index >= 15 is 0 Å². The second-order valence-corrected chi connectivity index (χ2v) is 5.70. The van der Waals surface area contributed by atoms with Crippen molar-refractivity contribution in [1.82, 2.24) is 0 Å². The second kappa shape index (κ2) is 7.43. The Morgan fingerprint density at radius 3 is 2.38 bits per heavy atom. The van der Waals surface area contributed by atoms with Gasteiger partial charge in [-0.25, -0.2) is 0 Å². The number of unbranched alkanes of at least 4 members (excludes halogenated alkanes) is 1. The SMILES string of the molecule is CCCCc1ccc(Oc2ccc(C(N)=S)c(Cl)c2)cc1. The summed E-state index contributed by atoms with van der Waals surface area (Å²) in [6.07, 6.45) is 3.51. The minimum atomic E-state index is 0.284. The van der Waals surface area contributed by atoms with E-state index in [1.165, 1.54) is 18.4 Å². The van der Waals surface area contributed by atoms with Crippen LogP contribution < -0.4 is 10.5 Å². The van der Waals surface area contributed by atoms with Crippen LogP contribution >= 0.6 is 23.8 Å².